The lowest BCUT2D eigenvalue weighted by Crippen LogP contribution is -2.29. The van der Waals surface area contributed by atoms with Crippen LogP contribution in [-0.4, -0.2) is 54.4 Å². The van der Waals surface area contributed by atoms with E-state index in [0.29, 0.717) is 54.2 Å². The fraction of sp³-hybridized carbons (Fsp3) is 0.360. The molecule has 0 radical (unpaired) electrons. The molecule has 1 aromatic heterocycles. The Hall–Kier alpha value is -3.43. The van der Waals surface area contributed by atoms with E-state index >= 15 is 0 Å². The Morgan fingerprint density at radius 3 is 2.63 bits per heavy atom. The normalized spacial score (nSPS) is 12.3. The van der Waals surface area contributed by atoms with E-state index in [4.69, 9.17) is 35.1 Å². The van der Waals surface area contributed by atoms with Crippen LogP contribution in [0.5, 0.6) is 5.75 Å². The van der Waals surface area contributed by atoms with Crippen molar-refractivity contribution in [1.29, 1.82) is 0 Å². The van der Waals surface area contributed by atoms with Crippen molar-refractivity contribution >= 4 is 23.3 Å². The molecule has 0 fully saturated rings. The number of ether oxygens (including phenoxy) is 3. The predicted molar refractivity (Wildman–Crippen MR) is 131 cm³/mol. The number of carbonyl (C=O) groups is 1. The molecule has 1 unspecified atom stereocenters. The van der Waals surface area contributed by atoms with Crippen LogP contribution in [-0.2, 0) is 25.5 Å². The maximum atomic E-state index is 12.2. The number of carbonyl (C=O) groups excluding carboxylic acids is 1. The number of halogens is 1. The zero-order valence-corrected chi connectivity index (χ0v) is 20.7. The monoisotopic (exact) mass is 501 g/mol. The third-order valence-corrected chi connectivity index (χ3v) is 4.89. The molecule has 3 rings (SSSR count). The summed E-state index contributed by atoms with van der Waals surface area (Å²) in [5.41, 5.74) is 1.88. The summed E-state index contributed by atoms with van der Waals surface area (Å²) in [5.74, 6) is 0.650. The summed E-state index contributed by atoms with van der Waals surface area (Å²) in [6, 6.07) is 14.5. The number of nitrogens with zero attached hydrogens (tertiary/aromatic N) is 3. The molecule has 0 bridgehead atoms. The number of rotatable bonds is 13. The van der Waals surface area contributed by atoms with Crippen LogP contribution in [0.4, 0.5) is 0 Å². The quantitative estimate of drug-likeness (QED) is 0.188. The van der Waals surface area contributed by atoms with Crippen molar-refractivity contribution in [1.82, 2.24) is 10.2 Å². The van der Waals surface area contributed by atoms with Gasteiger partial charge in [0.05, 0.1) is 6.61 Å². The number of esters is 1. The minimum atomic E-state index is -0.686. The second-order valence-electron chi connectivity index (χ2n) is 7.21. The van der Waals surface area contributed by atoms with Gasteiger partial charge in [-0.25, -0.2) is 4.79 Å². The van der Waals surface area contributed by atoms with Crippen LogP contribution in [0, 0.1) is 0 Å². The topological polar surface area (TPSA) is 105 Å². The highest BCUT2D eigenvalue weighted by molar-refractivity contribution is 6.30. The lowest BCUT2D eigenvalue weighted by atomic mass is 10.1. The van der Waals surface area contributed by atoms with Gasteiger partial charge in [-0.3, -0.25) is 0 Å². The number of oxime groups is 1. The van der Waals surface area contributed by atoms with Gasteiger partial charge >= 0.3 is 5.97 Å². The number of hydrogen-bond acceptors (Lipinski definition) is 9. The Bertz CT molecular complexity index is 1130. The van der Waals surface area contributed by atoms with Crippen molar-refractivity contribution in [3.63, 3.8) is 0 Å². The number of aromatic nitrogens is 2. The molecule has 9 nitrogen and oxygen atoms in total. The third kappa shape index (κ3) is 7.80. The van der Waals surface area contributed by atoms with Gasteiger partial charge in [-0.2, -0.15) is 0 Å². The molecule has 0 saturated carbocycles. The van der Waals surface area contributed by atoms with Gasteiger partial charge in [-0.15, -0.1) is 10.2 Å². The number of benzene rings is 2. The first-order chi connectivity index (χ1) is 17.0. The molecule has 0 aliphatic heterocycles. The van der Waals surface area contributed by atoms with Crippen molar-refractivity contribution in [2.24, 2.45) is 5.16 Å². The number of hydrogen-bond donors (Lipinski definition) is 0. The minimum Gasteiger partial charge on any atom is -0.487 e. The van der Waals surface area contributed by atoms with Crippen LogP contribution in [0.15, 0.2) is 58.1 Å². The van der Waals surface area contributed by atoms with Crippen molar-refractivity contribution in [2.45, 2.75) is 33.3 Å². The zero-order chi connectivity index (χ0) is 25.0. The summed E-state index contributed by atoms with van der Waals surface area (Å²) < 4.78 is 22.4. The summed E-state index contributed by atoms with van der Waals surface area (Å²) in [6.45, 7) is 6.49. The molecule has 0 amide bonds. The molecule has 186 valence electrons. The first-order valence-corrected chi connectivity index (χ1v) is 11.7. The molecule has 2 aromatic carbocycles. The molecule has 0 N–H and O–H groups in total. The molecule has 1 heterocycles. The van der Waals surface area contributed by atoms with E-state index in [1.54, 1.807) is 31.2 Å². The van der Waals surface area contributed by atoms with Crippen LogP contribution in [0.3, 0.4) is 0 Å². The summed E-state index contributed by atoms with van der Waals surface area (Å²) >= 11 is 6.06. The van der Waals surface area contributed by atoms with Crippen LogP contribution >= 0.6 is 11.6 Å². The summed E-state index contributed by atoms with van der Waals surface area (Å²) in [5, 5.41) is 12.8. The van der Waals surface area contributed by atoms with Crippen molar-refractivity contribution < 1.29 is 28.3 Å². The Balaban J connectivity index is 1.72. The first-order valence-electron chi connectivity index (χ1n) is 11.3. The van der Waals surface area contributed by atoms with Crippen LogP contribution < -0.4 is 4.74 Å². The van der Waals surface area contributed by atoms with E-state index in [1.165, 1.54) is 0 Å². The second-order valence-corrected chi connectivity index (χ2v) is 7.65. The average molecular weight is 502 g/mol. The molecule has 10 heteroatoms. The maximum absolute atomic E-state index is 12.2. The Morgan fingerprint density at radius 2 is 1.89 bits per heavy atom. The highest BCUT2D eigenvalue weighted by Crippen LogP contribution is 2.22. The van der Waals surface area contributed by atoms with Gasteiger partial charge in [-0.05, 0) is 56.7 Å². The van der Waals surface area contributed by atoms with E-state index in [2.05, 4.69) is 15.4 Å². The van der Waals surface area contributed by atoms with Gasteiger partial charge in [-0.1, -0.05) is 35.0 Å². The molecule has 0 saturated heterocycles. The van der Waals surface area contributed by atoms with E-state index in [0.717, 1.165) is 5.56 Å². The van der Waals surface area contributed by atoms with Crippen LogP contribution in [0.2, 0.25) is 5.02 Å². The van der Waals surface area contributed by atoms with Gasteiger partial charge in [0.25, 0.3) is 5.89 Å². The maximum Gasteiger partial charge on any atom is 0.335 e. The molecular weight excluding hydrogens is 474 g/mol. The molecule has 3 aromatic rings. The van der Waals surface area contributed by atoms with Gasteiger partial charge in [0, 0.05) is 23.6 Å². The molecule has 0 aliphatic carbocycles. The highest BCUT2D eigenvalue weighted by atomic mass is 35.5. The molecular formula is C25H28ClN3O6. The largest absolute Gasteiger partial charge is 0.487 e. The summed E-state index contributed by atoms with van der Waals surface area (Å²) in [4.78, 5) is 17.4. The molecule has 35 heavy (non-hydrogen) atoms. The lowest BCUT2D eigenvalue weighted by molar-refractivity contribution is -0.156. The minimum absolute atomic E-state index is 0.0212. The first kappa shape index (κ1) is 26.2. The summed E-state index contributed by atoms with van der Waals surface area (Å²) in [7, 11) is 0. The van der Waals surface area contributed by atoms with Crippen LogP contribution in [0.1, 0.15) is 32.2 Å². The fourth-order valence-corrected chi connectivity index (χ4v) is 3.31. The van der Waals surface area contributed by atoms with Crippen molar-refractivity contribution in [2.75, 3.05) is 26.4 Å². The Morgan fingerprint density at radius 1 is 1.06 bits per heavy atom. The van der Waals surface area contributed by atoms with E-state index in [-0.39, 0.29) is 12.5 Å². The molecule has 0 aliphatic rings. The summed E-state index contributed by atoms with van der Waals surface area (Å²) in [6.07, 6.45) is -0.329. The average Bonchev–Trinajstić information content (AvgIpc) is 3.34. The fourth-order valence-electron chi connectivity index (χ4n) is 3.12. The van der Waals surface area contributed by atoms with Crippen LogP contribution in [0.25, 0.3) is 11.5 Å². The van der Waals surface area contributed by atoms with Gasteiger partial charge in [0.15, 0.2) is 11.8 Å². The second kappa shape index (κ2) is 13.5. The lowest BCUT2D eigenvalue weighted by Gasteiger charge is -2.16. The van der Waals surface area contributed by atoms with E-state index < -0.39 is 12.1 Å². The van der Waals surface area contributed by atoms with Gasteiger partial charge < -0.3 is 23.5 Å². The Kier molecular flexibility index (Phi) is 10.1. The smallest absolute Gasteiger partial charge is 0.335 e. The standard InChI is InChI=1S/C25H28ClN3O6/c1-4-31-22(25(30)32-5-2)14-17-9-7-12-20(13-17)33-16-21(29-34-6-3)24-28-27-23(35-24)18-10-8-11-19(26)15-18/h7-13,15,22H,4-6,14,16H2,1-3H3/b29-21+. The predicted octanol–water partition coefficient (Wildman–Crippen LogP) is 4.72. The van der Waals surface area contributed by atoms with E-state index in [1.807, 2.05) is 38.1 Å². The van der Waals surface area contributed by atoms with E-state index in [9.17, 15) is 4.79 Å². The van der Waals surface area contributed by atoms with Gasteiger partial charge in [0.1, 0.15) is 19.0 Å². The van der Waals surface area contributed by atoms with Gasteiger partial charge in [0.2, 0.25) is 5.89 Å². The molecule has 0 spiro atoms. The highest BCUT2D eigenvalue weighted by Gasteiger charge is 2.21. The van der Waals surface area contributed by atoms with Crippen molar-refractivity contribution in [3.05, 3.63) is 65.0 Å². The Labute approximate surface area is 209 Å². The molecule has 1 atom stereocenters. The SMILES string of the molecule is CCO/N=C(\COc1cccc(CC(OCC)C(=O)OCC)c1)c1nnc(-c2cccc(Cl)c2)o1. The zero-order valence-electron chi connectivity index (χ0n) is 19.9. The van der Waals surface area contributed by atoms with Crippen molar-refractivity contribution in [3.8, 4) is 17.2 Å². The third-order valence-electron chi connectivity index (χ3n) is 4.66.